The molecule has 0 radical (unpaired) electrons. The van der Waals surface area contributed by atoms with Crippen molar-refractivity contribution >= 4 is 22.8 Å². The van der Waals surface area contributed by atoms with Gasteiger partial charge in [-0.2, -0.15) is 0 Å². The SMILES string of the molecule is CC(=O)SC(CN=[N+]=[N-])CC(=O)O. The van der Waals surface area contributed by atoms with Crippen LogP contribution in [0, 0.1) is 0 Å². The highest BCUT2D eigenvalue weighted by atomic mass is 32.2. The second kappa shape index (κ2) is 6.33. The van der Waals surface area contributed by atoms with Crippen LogP contribution in [-0.2, 0) is 9.59 Å². The third-order valence-corrected chi connectivity index (χ3v) is 2.06. The van der Waals surface area contributed by atoms with Crippen molar-refractivity contribution in [1.29, 1.82) is 0 Å². The maximum Gasteiger partial charge on any atom is 0.304 e. The average Bonchev–Trinajstić information content (AvgIpc) is 1.98. The number of carboxylic acids is 1. The van der Waals surface area contributed by atoms with Crippen molar-refractivity contribution < 1.29 is 14.7 Å². The molecule has 0 bridgehead atoms. The average molecular weight is 203 g/mol. The lowest BCUT2D eigenvalue weighted by atomic mass is 10.3. The molecule has 0 aromatic rings. The molecule has 0 aliphatic heterocycles. The number of nitrogens with zero attached hydrogens (tertiary/aromatic N) is 3. The van der Waals surface area contributed by atoms with Crippen LogP contribution in [0.1, 0.15) is 13.3 Å². The van der Waals surface area contributed by atoms with Gasteiger partial charge in [-0.3, -0.25) is 9.59 Å². The maximum absolute atomic E-state index is 10.6. The Morgan fingerprint density at radius 2 is 2.31 bits per heavy atom. The number of thioether (sulfide) groups is 1. The van der Waals surface area contributed by atoms with Crippen molar-refractivity contribution in [2.75, 3.05) is 6.54 Å². The lowest BCUT2D eigenvalue weighted by Gasteiger charge is -2.07. The van der Waals surface area contributed by atoms with E-state index in [2.05, 4.69) is 10.0 Å². The van der Waals surface area contributed by atoms with Gasteiger partial charge in [-0.1, -0.05) is 16.9 Å². The number of carbonyl (C=O) groups is 2. The van der Waals surface area contributed by atoms with Crippen molar-refractivity contribution in [3.8, 4) is 0 Å². The van der Waals surface area contributed by atoms with Crippen molar-refractivity contribution in [1.82, 2.24) is 0 Å². The van der Waals surface area contributed by atoms with Gasteiger partial charge in [0, 0.05) is 23.6 Å². The van der Waals surface area contributed by atoms with Gasteiger partial charge in [0.25, 0.3) is 0 Å². The molecular weight excluding hydrogens is 194 g/mol. The number of rotatable bonds is 5. The summed E-state index contributed by atoms with van der Waals surface area (Å²) in [5, 5.41) is 11.0. The van der Waals surface area contributed by atoms with E-state index in [0.717, 1.165) is 11.8 Å². The number of aliphatic carboxylic acids is 1. The zero-order valence-corrected chi connectivity index (χ0v) is 7.82. The van der Waals surface area contributed by atoms with Crippen LogP contribution >= 0.6 is 11.8 Å². The molecule has 7 heteroatoms. The largest absolute Gasteiger partial charge is 0.481 e. The zero-order valence-electron chi connectivity index (χ0n) is 7.01. The van der Waals surface area contributed by atoms with Gasteiger partial charge in [-0.25, -0.2) is 0 Å². The van der Waals surface area contributed by atoms with E-state index in [4.69, 9.17) is 10.6 Å². The third-order valence-electron chi connectivity index (χ3n) is 1.08. The van der Waals surface area contributed by atoms with E-state index >= 15 is 0 Å². The summed E-state index contributed by atoms with van der Waals surface area (Å²) in [6.07, 6.45) is -0.177. The van der Waals surface area contributed by atoms with E-state index in [9.17, 15) is 9.59 Å². The molecule has 1 N–H and O–H groups in total. The molecule has 0 aliphatic carbocycles. The Kier molecular flexibility index (Phi) is 5.75. The van der Waals surface area contributed by atoms with Crippen LogP contribution in [0.4, 0.5) is 0 Å². The summed E-state index contributed by atoms with van der Waals surface area (Å²) in [6, 6.07) is 0. The second-order valence-electron chi connectivity index (χ2n) is 2.24. The van der Waals surface area contributed by atoms with Crippen molar-refractivity contribution in [2.24, 2.45) is 5.11 Å². The normalized spacial score (nSPS) is 11.5. The summed E-state index contributed by atoms with van der Waals surface area (Å²) in [7, 11) is 0. The Morgan fingerprint density at radius 1 is 1.69 bits per heavy atom. The van der Waals surface area contributed by atoms with E-state index in [0.29, 0.717) is 0 Å². The van der Waals surface area contributed by atoms with Gasteiger partial charge in [0.15, 0.2) is 5.12 Å². The van der Waals surface area contributed by atoms with Crippen molar-refractivity contribution in [3.05, 3.63) is 10.4 Å². The lowest BCUT2D eigenvalue weighted by molar-refractivity contribution is -0.136. The highest BCUT2D eigenvalue weighted by Gasteiger charge is 2.14. The first-order valence-electron chi connectivity index (χ1n) is 3.46. The number of hydrogen-bond donors (Lipinski definition) is 1. The molecule has 0 saturated heterocycles. The van der Waals surface area contributed by atoms with Crippen LogP contribution < -0.4 is 0 Å². The molecule has 0 amide bonds. The molecule has 72 valence electrons. The monoisotopic (exact) mass is 203 g/mol. The highest BCUT2D eigenvalue weighted by molar-refractivity contribution is 8.14. The Balaban J connectivity index is 4.09. The van der Waals surface area contributed by atoms with Crippen LogP contribution in [0.25, 0.3) is 10.4 Å². The van der Waals surface area contributed by atoms with E-state index in [1.54, 1.807) is 0 Å². The number of hydrogen-bond acceptors (Lipinski definition) is 4. The Bertz CT molecular complexity index is 228. The maximum atomic E-state index is 10.6. The van der Waals surface area contributed by atoms with Crippen LogP contribution in [0.2, 0.25) is 0 Å². The molecule has 1 atom stereocenters. The summed E-state index contributed by atoms with van der Waals surface area (Å²) in [5.41, 5.74) is 8.00. The molecule has 1 unspecified atom stereocenters. The predicted octanol–water partition coefficient (Wildman–Crippen LogP) is 1.42. The highest BCUT2D eigenvalue weighted by Crippen LogP contribution is 2.15. The second-order valence-corrected chi connectivity index (χ2v) is 3.72. The lowest BCUT2D eigenvalue weighted by Crippen LogP contribution is -2.14. The standard InChI is InChI=1S/C6H9N3O3S/c1-4(10)13-5(2-6(11)12)3-8-9-7/h5H,2-3H2,1H3,(H,11,12). The summed E-state index contributed by atoms with van der Waals surface area (Å²) in [4.78, 5) is 23.4. The quantitative estimate of drug-likeness (QED) is 0.414. The Hall–Kier alpha value is -1.20. The number of carbonyl (C=O) groups excluding carboxylic acids is 1. The van der Waals surface area contributed by atoms with Crippen LogP contribution in [0.15, 0.2) is 5.11 Å². The fraction of sp³-hybridized carbons (Fsp3) is 0.667. The van der Waals surface area contributed by atoms with Gasteiger partial charge < -0.3 is 5.11 Å². The molecule has 0 fully saturated rings. The summed E-state index contributed by atoms with van der Waals surface area (Å²) < 4.78 is 0. The molecule has 13 heavy (non-hydrogen) atoms. The van der Waals surface area contributed by atoms with Gasteiger partial charge >= 0.3 is 5.97 Å². The Morgan fingerprint density at radius 3 is 2.69 bits per heavy atom. The van der Waals surface area contributed by atoms with Gasteiger partial charge in [-0.15, -0.1) is 0 Å². The van der Waals surface area contributed by atoms with Crippen molar-refractivity contribution in [3.63, 3.8) is 0 Å². The van der Waals surface area contributed by atoms with Gasteiger partial charge in [0.1, 0.15) is 0 Å². The first-order valence-corrected chi connectivity index (χ1v) is 4.34. The van der Waals surface area contributed by atoms with Crippen LogP contribution in [-0.4, -0.2) is 28.0 Å². The van der Waals surface area contributed by atoms with Crippen molar-refractivity contribution in [2.45, 2.75) is 18.6 Å². The third kappa shape index (κ3) is 7.17. The predicted molar refractivity (Wildman–Crippen MR) is 48.3 cm³/mol. The van der Waals surface area contributed by atoms with E-state index in [-0.39, 0.29) is 18.1 Å². The molecule has 0 aromatic carbocycles. The molecule has 0 aliphatic rings. The van der Waals surface area contributed by atoms with Crippen LogP contribution in [0.3, 0.4) is 0 Å². The summed E-state index contributed by atoms with van der Waals surface area (Å²) in [5.74, 6) is -1.01. The molecular formula is C6H9N3O3S. The molecule has 0 spiro atoms. The smallest absolute Gasteiger partial charge is 0.304 e. The van der Waals surface area contributed by atoms with E-state index < -0.39 is 11.2 Å². The summed E-state index contributed by atoms with van der Waals surface area (Å²) in [6.45, 7) is 1.36. The van der Waals surface area contributed by atoms with E-state index in [1.165, 1.54) is 6.92 Å². The topological polar surface area (TPSA) is 103 Å². The van der Waals surface area contributed by atoms with E-state index in [1.807, 2.05) is 0 Å². The fourth-order valence-electron chi connectivity index (χ4n) is 0.701. The molecule has 0 rings (SSSR count). The first kappa shape index (κ1) is 11.8. The Labute approximate surface area is 78.9 Å². The molecule has 0 saturated carbocycles. The van der Waals surface area contributed by atoms with Gasteiger partial charge in [-0.05, 0) is 5.53 Å². The first-order chi connectivity index (χ1) is 6.06. The fourth-order valence-corrected chi connectivity index (χ4v) is 1.54. The van der Waals surface area contributed by atoms with Gasteiger partial charge in [0.2, 0.25) is 0 Å². The molecule has 0 heterocycles. The van der Waals surface area contributed by atoms with Crippen LogP contribution in [0.5, 0.6) is 0 Å². The zero-order chi connectivity index (χ0) is 10.3. The number of carboxylic acid groups (broad SMARTS) is 1. The van der Waals surface area contributed by atoms with Gasteiger partial charge in [0.05, 0.1) is 6.42 Å². The summed E-state index contributed by atoms with van der Waals surface area (Å²) >= 11 is 0.883. The minimum atomic E-state index is -1.01. The minimum absolute atomic E-state index is 0.0209. The molecule has 6 nitrogen and oxygen atoms in total. The minimum Gasteiger partial charge on any atom is -0.481 e. The number of azide groups is 1. The molecule has 0 aromatic heterocycles.